The summed E-state index contributed by atoms with van der Waals surface area (Å²) in [5, 5.41) is 4.21. The molecule has 0 fully saturated rings. The highest BCUT2D eigenvalue weighted by atomic mass is 19.4. The minimum atomic E-state index is -4.45. The minimum absolute atomic E-state index is 0.0191. The van der Waals surface area contributed by atoms with Crippen molar-refractivity contribution in [1.82, 2.24) is 19.7 Å². The van der Waals surface area contributed by atoms with E-state index in [1.54, 1.807) is 6.92 Å². The molecule has 0 bridgehead atoms. The number of hydrogen-bond donors (Lipinski definition) is 0. The normalized spacial score (nSPS) is 16.4. The van der Waals surface area contributed by atoms with Gasteiger partial charge in [-0.05, 0) is 43.0 Å². The summed E-state index contributed by atoms with van der Waals surface area (Å²) in [6.07, 6.45) is -0.648. The second kappa shape index (κ2) is 7.59. The number of pyridine rings is 1. The second-order valence-corrected chi connectivity index (χ2v) is 7.33. The molecule has 5 nitrogen and oxygen atoms in total. The SMILES string of the molecule is CCC1c2ccccc2CCN1C(=O)c1cnn(-c2ccc(C(F)(F)F)cn2)c1C. The van der Waals surface area contributed by atoms with E-state index in [1.165, 1.54) is 22.5 Å². The smallest absolute Gasteiger partial charge is 0.331 e. The summed E-state index contributed by atoms with van der Waals surface area (Å²) >= 11 is 0. The molecule has 4 rings (SSSR count). The Morgan fingerprint density at radius 2 is 1.93 bits per heavy atom. The number of fused-ring (bicyclic) bond motifs is 1. The summed E-state index contributed by atoms with van der Waals surface area (Å²) < 4.78 is 39.7. The van der Waals surface area contributed by atoms with Crippen molar-refractivity contribution < 1.29 is 18.0 Å². The highest BCUT2D eigenvalue weighted by molar-refractivity contribution is 5.95. The summed E-state index contributed by atoms with van der Waals surface area (Å²) in [5.41, 5.74) is 2.56. The van der Waals surface area contributed by atoms with Crippen molar-refractivity contribution in [3.05, 3.63) is 76.7 Å². The van der Waals surface area contributed by atoms with E-state index < -0.39 is 11.7 Å². The molecule has 0 saturated heterocycles. The van der Waals surface area contributed by atoms with Crippen molar-refractivity contribution in [1.29, 1.82) is 0 Å². The van der Waals surface area contributed by atoms with E-state index in [-0.39, 0.29) is 17.8 Å². The molecule has 1 aliphatic rings. The summed E-state index contributed by atoms with van der Waals surface area (Å²) in [7, 11) is 0. The van der Waals surface area contributed by atoms with Crippen LogP contribution in [0.2, 0.25) is 0 Å². The lowest BCUT2D eigenvalue weighted by Gasteiger charge is -2.37. The van der Waals surface area contributed by atoms with Gasteiger partial charge in [0, 0.05) is 12.7 Å². The lowest BCUT2D eigenvalue weighted by atomic mass is 9.90. The standard InChI is InChI=1S/C22H21F3N4O/c1-3-19-17-7-5-4-6-15(17)10-11-28(19)21(30)18-13-27-29(14(18)2)20-9-8-16(12-26-20)22(23,24)25/h4-9,12-13,19H,3,10-11H2,1-2H3. The molecule has 1 aliphatic heterocycles. The Labute approximate surface area is 172 Å². The first-order valence-corrected chi connectivity index (χ1v) is 9.78. The summed E-state index contributed by atoms with van der Waals surface area (Å²) in [4.78, 5) is 19.1. The lowest BCUT2D eigenvalue weighted by molar-refractivity contribution is -0.137. The van der Waals surface area contributed by atoms with Crippen molar-refractivity contribution in [2.75, 3.05) is 6.54 Å². The fourth-order valence-electron chi connectivity index (χ4n) is 4.02. The van der Waals surface area contributed by atoms with Gasteiger partial charge in [-0.2, -0.15) is 18.3 Å². The van der Waals surface area contributed by atoms with Crippen LogP contribution in [-0.2, 0) is 12.6 Å². The quantitative estimate of drug-likeness (QED) is 0.622. The maximum atomic E-state index is 13.3. The zero-order chi connectivity index (χ0) is 21.5. The van der Waals surface area contributed by atoms with Crippen molar-refractivity contribution in [3.63, 3.8) is 0 Å². The molecular weight excluding hydrogens is 393 g/mol. The van der Waals surface area contributed by atoms with Crippen molar-refractivity contribution in [2.24, 2.45) is 0 Å². The maximum Gasteiger partial charge on any atom is 0.417 e. The van der Waals surface area contributed by atoms with Crippen LogP contribution >= 0.6 is 0 Å². The Morgan fingerprint density at radius 3 is 2.60 bits per heavy atom. The third kappa shape index (κ3) is 3.46. The van der Waals surface area contributed by atoms with Crippen molar-refractivity contribution in [2.45, 2.75) is 38.9 Å². The molecule has 3 aromatic rings. The molecule has 1 unspecified atom stereocenters. The van der Waals surface area contributed by atoms with Gasteiger partial charge in [-0.1, -0.05) is 31.2 Å². The average molecular weight is 414 g/mol. The first-order chi connectivity index (χ1) is 14.3. The topological polar surface area (TPSA) is 51.0 Å². The van der Waals surface area contributed by atoms with Crippen LogP contribution < -0.4 is 0 Å². The average Bonchev–Trinajstić information content (AvgIpc) is 3.13. The first kappa shape index (κ1) is 20.1. The molecule has 0 spiro atoms. The minimum Gasteiger partial charge on any atom is -0.331 e. The van der Waals surface area contributed by atoms with Gasteiger partial charge in [0.05, 0.1) is 29.1 Å². The summed E-state index contributed by atoms with van der Waals surface area (Å²) in [5.74, 6) is 0.0996. The number of carbonyl (C=O) groups excluding carboxylic acids is 1. The van der Waals surface area contributed by atoms with E-state index >= 15 is 0 Å². The van der Waals surface area contributed by atoms with Gasteiger partial charge in [-0.25, -0.2) is 9.67 Å². The Morgan fingerprint density at radius 1 is 1.17 bits per heavy atom. The number of rotatable bonds is 3. The molecule has 0 saturated carbocycles. The molecule has 3 heterocycles. The van der Waals surface area contributed by atoms with E-state index in [2.05, 4.69) is 29.1 Å². The van der Waals surface area contributed by atoms with E-state index in [4.69, 9.17) is 0 Å². The van der Waals surface area contributed by atoms with Gasteiger partial charge in [-0.3, -0.25) is 4.79 Å². The summed E-state index contributed by atoms with van der Waals surface area (Å²) in [6.45, 7) is 4.38. The number of halogens is 3. The van der Waals surface area contributed by atoms with Crippen molar-refractivity contribution in [3.8, 4) is 5.82 Å². The molecule has 0 N–H and O–H groups in total. The van der Waals surface area contributed by atoms with E-state index in [9.17, 15) is 18.0 Å². The van der Waals surface area contributed by atoms with Crippen LogP contribution in [0, 0.1) is 6.92 Å². The highest BCUT2D eigenvalue weighted by Gasteiger charge is 2.32. The number of alkyl halides is 3. The molecule has 2 aromatic heterocycles. The van der Waals surface area contributed by atoms with Gasteiger partial charge in [0.2, 0.25) is 0 Å². The lowest BCUT2D eigenvalue weighted by Crippen LogP contribution is -2.40. The van der Waals surface area contributed by atoms with Crippen LogP contribution in [0.4, 0.5) is 13.2 Å². The summed E-state index contributed by atoms with van der Waals surface area (Å²) in [6, 6.07) is 10.3. The van der Waals surface area contributed by atoms with Crippen molar-refractivity contribution >= 4 is 5.91 Å². The Hall–Kier alpha value is -3.16. The third-order valence-electron chi connectivity index (χ3n) is 5.59. The van der Waals surface area contributed by atoms with Gasteiger partial charge in [0.15, 0.2) is 5.82 Å². The van der Waals surface area contributed by atoms with Crippen LogP contribution in [0.15, 0.2) is 48.8 Å². The fourth-order valence-corrected chi connectivity index (χ4v) is 4.02. The third-order valence-corrected chi connectivity index (χ3v) is 5.59. The molecule has 1 aromatic carbocycles. The zero-order valence-electron chi connectivity index (χ0n) is 16.6. The second-order valence-electron chi connectivity index (χ2n) is 7.33. The Balaban J connectivity index is 1.63. The maximum absolute atomic E-state index is 13.3. The predicted molar refractivity (Wildman–Crippen MR) is 105 cm³/mol. The van der Waals surface area contributed by atoms with Crippen LogP contribution in [0.25, 0.3) is 5.82 Å². The highest BCUT2D eigenvalue weighted by Crippen LogP contribution is 2.34. The van der Waals surface area contributed by atoms with E-state index in [0.29, 0.717) is 17.8 Å². The van der Waals surface area contributed by atoms with Gasteiger partial charge < -0.3 is 4.90 Å². The number of aromatic nitrogens is 3. The molecule has 1 amide bonds. The number of benzene rings is 1. The van der Waals surface area contributed by atoms with Crippen LogP contribution in [-0.4, -0.2) is 32.1 Å². The molecule has 0 aliphatic carbocycles. The number of nitrogens with zero attached hydrogens (tertiary/aromatic N) is 4. The van der Waals surface area contributed by atoms with Gasteiger partial charge in [0.1, 0.15) is 0 Å². The Kier molecular flexibility index (Phi) is 5.09. The van der Waals surface area contributed by atoms with Gasteiger partial charge in [0.25, 0.3) is 5.91 Å². The van der Waals surface area contributed by atoms with E-state index in [1.807, 2.05) is 17.0 Å². The van der Waals surface area contributed by atoms with Crippen LogP contribution in [0.5, 0.6) is 0 Å². The molecule has 156 valence electrons. The monoisotopic (exact) mass is 414 g/mol. The number of hydrogen-bond acceptors (Lipinski definition) is 3. The molecular formula is C22H21F3N4O. The number of amides is 1. The van der Waals surface area contributed by atoms with Crippen LogP contribution in [0.3, 0.4) is 0 Å². The fraction of sp³-hybridized carbons (Fsp3) is 0.318. The molecule has 1 atom stereocenters. The zero-order valence-corrected chi connectivity index (χ0v) is 16.6. The van der Waals surface area contributed by atoms with Gasteiger partial charge in [-0.15, -0.1) is 0 Å². The van der Waals surface area contributed by atoms with E-state index in [0.717, 1.165) is 30.7 Å². The predicted octanol–water partition coefficient (Wildman–Crippen LogP) is 4.74. The largest absolute Gasteiger partial charge is 0.417 e. The molecule has 30 heavy (non-hydrogen) atoms. The number of carbonyl (C=O) groups is 1. The van der Waals surface area contributed by atoms with Crippen LogP contribution in [0.1, 0.15) is 52.1 Å². The Bertz CT molecular complexity index is 1070. The first-order valence-electron chi connectivity index (χ1n) is 9.78. The van der Waals surface area contributed by atoms with Gasteiger partial charge >= 0.3 is 6.18 Å². The molecule has 0 radical (unpaired) electrons. The molecule has 8 heteroatoms.